The molecule has 0 amide bonds. The van der Waals surface area contributed by atoms with Gasteiger partial charge in [-0.15, -0.1) is 11.3 Å². The molecule has 0 aliphatic heterocycles. The molecule has 21 heavy (non-hydrogen) atoms. The monoisotopic (exact) mass is 299 g/mol. The summed E-state index contributed by atoms with van der Waals surface area (Å²) >= 11 is 1.55. The molecule has 6 heteroatoms. The van der Waals surface area contributed by atoms with E-state index in [0.29, 0.717) is 5.89 Å². The summed E-state index contributed by atoms with van der Waals surface area (Å²) in [7, 11) is 0. The van der Waals surface area contributed by atoms with Crippen LogP contribution in [0.3, 0.4) is 0 Å². The minimum atomic E-state index is -0.257. The van der Waals surface area contributed by atoms with E-state index in [4.69, 9.17) is 4.42 Å². The number of benzene rings is 1. The van der Waals surface area contributed by atoms with Crippen LogP contribution in [0.1, 0.15) is 5.76 Å². The van der Waals surface area contributed by atoms with E-state index in [9.17, 15) is 4.39 Å². The number of fused-ring (bicyclic) bond motifs is 1. The van der Waals surface area contributed by atoms with Crippen LogP contribution in [-0.2, 0) is 0 Å². The standard InChI is InChI=1S/C15H10FN3OS/c1-8-7-17-15(20-8)12-6-11-14(21-12)13(19-18-11)9-2-4-10(16)5-3-9/h2-7H,1H3,(H,18,19). The molecule has 4 rings (SSSR count). The molecule has 0 unspecified atom stereocenters. The van der Waals surface area contributed by atoms with Crippen LogP contribution in [0.2, 0.25) is 0 Å². The van der Waals surface area contributed by atoms with Crippen molar-refractivity contribution >= 4 is 21.6 Å². The highest BCUT2D eigenvalue weighted by atomic mass is 32.1. The van der Waals surface area contributed by atoms with Gasteiger partial charge in [-0.25, -0.2) is 9.37 Å². The van der Waals surface area contributed by atoms with Gasteiger partial charge in [0.25, 0.3) is 0 Å². The Morgan fingerprint density at radius 2 is 2.05 bits per heavy atom. The van der Waals surface area contributed by atoms with E-state index in [0.717, 1.165) is 32.1 Å². The van der Waals surface area contributed by atoms with Gasteiger partial charge in [0.05, 0.1) is 21.3 Å². The number of aromatic nitrogens is 3. The summed E-state index contributed by atoms with van der Waals surface area (Å²) in [5, 5.41) is 7.30. The van der Waals surface area contributed by atoms with Gasteiger partial charge in [-0.05, 0) is 37.3 Å². The van der Waals surface area contributed by atoms with Gasteiger partial charge in [0.2, 0.25) is 5.89 Å². The zero-order chi connectivity index (χ0) is 14.4. The Morgan fingerprint density at radius 3 is 2.76 bits per heavy atom. The third-order valence-corrected chi connectivity index (χ3v) is 4.31. The van der Waals surface area contributed by atoms with E-state index >= 15 is 0 Å². The number of rotatable bonds is 2. The zero-order valence-electron chi connectivity index (χ0n) is 11.1. The molecule has 4 aromatic rings. The van der Waals surface area contributed by atoms with Crippen LogP contribution in [0.4, 0.5) is 4.39 Å². The topological polar surface area (TPSA) is 54.7 Å². The summed E-state index contributed by atoms with van der Waals surface area (Å²) in [6.07, 6.45) is 1.70. The molecule has 0 bridgehead atoms. The Labute approximate surface area is 123 Å². The highest BCUT2D eigenvalue weighted by molar-refractivity contribution is 7.22. The zero-order valence-corrected chi connectivity index (χ0v) is 11.9. The van der Waals surface area contributed by atoms with Gasteiger partial charge < -0.3 is 4.42 Å². The second-order valence-corrected chi connectivity index (χ2v) is 5.76. The van der Waals surface area contributed by atoms with Crippen molar-refractivity contribution in [2.45, 2.75) is 6.92 Å². The van der Waals surface area contributed by atoms with Crippen LogP contribution < -0.4 is 0 Å². The van der Waals surface area contributed by atoms with Crippen LogP contribution in [0.25, 0.3) is 32.2 Å². The second kappa shape index (κ2) is 4.53. The van der Waals surface area contributed by atoms with Crippen molar-refractivity contribution in [1.82, 2.24) is 15.2 Å². The van der Waals surface area contributed by atoms with Crippen molar-refractivity contribution in [3.63, 3.8) is 0 Å². The van der Waals surface area contributed by atoms with Crippen molar-refractivity contribution in [3.05, 3.63) is 48.1 Å². The van der Waals surface area contributed by atoms with E-state index in [1.807, 2.05) is 13.0 Å². The van der Waals surface area contributed by atoms with E-state index in [2.05, 4.69) is 15.2 Å². The maximum Gasteiger partial charge on any atom is 0.236 e. The van der Waals surface area contributed by atoms with Crippen molar-refractivity contribution in [2.75, 3.05) is 0 Å². The maximum absolute atomic E-state index is 13.0. The number of hydrogen-bond acceptors (Lipinski definition) is 4. The lowest BCUT2D eigenvalue weighted by Crippen LogP contribution is -1.79. The van der Waals surface area contributed by atoms with Crippen LogP contribution in [0, 0.1) is 12.7 Å². The van der Waals surface area contributed by atoms with E-state index in [1.54, 1.807) is 29.7 Å². The predicted molar refractivity (Wildman–Crippen MR) is 79.6 cm³/mol. The summed E-state index contributed by atoms with van der Waals surface area (Å²) < 4.78 is 19.6. The van der Waals surface area contributed by atoms with Crippen LogP contribution in [-0.4, -0.2) is 15.2 Å². The predicted octanol–water partition coefficient (Wildman–Crippen LogP) is 4.39. The van der Waals surface area contributed by atoms with Crippen LogP contribution >= 0.6 is 11.3 Å². The molecule has 0 atom stereocenters. The van der Waals surface area contributed by atoms with Gasteiger partial charge in [0, 0.05) is 5.56 Å². The van der Waals surface area contributed by atoms with Crippen molar-refractivity contribution in [2.24, 2.45) is 0 Å². The fraction of sp³-hybridized carbons (Fsp3) is 0.0667. The molecule has 0 aliphatic rings. The molecule has 0 saturated carbocycles. The first kappa shape index (κ1) is 12.3. The second-order valence-electron chi connectivity index (χ2n) is 4.71. The minimum Gasteiger partial charge on any atom is -0.441 e. The lowest BCUT2D eigenvalue weighted by atomic mass is 10.1. The number of nitrogens with zero attached hydrogens (tertiary/aromatic N) is 2. The van der Waals surface area contributed by atoms with Gasteiger partial charge >= 0.3 is 0 Å². The summed E-state index contributed by atoms with van der Waals surface area (Å²) in [5.41, 5.74) is 2.61. The summed E-state index contributed by atoms with van der Waals surface area (Å²) in [6.45, 7) is 1.86. The molecule has 3 heterocycles. The van der Waals surface area contributed by atoms with E-state index in [-0.39, 0.29) is 5.82 Å². The molecule has 0 radical (unpaired) electrons. The smallest absolute Gasteiger partial charge is 0.236 e. The highest BCUT2D eigenvalue weighted by Gasteiger charge is 2.15. The Balaban J connectivity index is 1.84. The number of nitrogens with one attached hydrogen (secondary N) is 1. The lowest BCUT2D eigenvalue weighted by Gasteiger charge is -1.96. The minimum absolute atomic E-state index is 0.257. The number of hydrogen-bond donors (Lipinski definition) is 1. The Morgan fingerprint density at radius 1 is 1.24 bits per heavy atom. The molecule has 4 nitrogen and oxygen atoms in total. The first-order valence-electron chi connectivity index (χ1n) is 6.37. The summed E-state index contributed by atoms with van der Waals surface area (Å²) in [5.74, 6) is 1.12. The summed E-state index contributed by atoms with van der Waals surface area (Å²) in [4.78, 5) is 5.17. The van der Waals surface area contributed by atoms with Crippen LogP contribution in [0.5, 0.6) is 0 Å². The number of halogens is 1. The molecule has 104 valence electrons. The number of H-pyrrole nitrogens is 1. The first-order chi connectivity index (χ1) is 10.2. The van der Waals surface area contributed by atoms with Gasteiger partial charge in [-0.3, -0.25) is 5.10 Å². The SMILES string of the molecule is Cc1cnc(-c2cc3[nH]nc(-c4ccc(F)cc4)c3s2)o1. The third-order valence-electron chi connectivity index (χ3n) is 3.19. The third kappa shape index (κ3) is 2.04. The molecule has 3 aromatic heterocycles. The quantitative estimate of drug-likeness (QED) is 0.597. The van der Waals surface area contributed by atoms with Crippen molar-refractivity contribution < 1.29 is 8.81 Å². The maximum atomic E-state index is 13.0. The fourth-order valence-electron chi connectivity index (χ4n) is 2.19. The lowest BCUT2D eigenvalue weighted by molar-refractivity contribution is 0.544. The van der Waals surface area contributed by atoms with Gasteiger partial charge in [-0.2, -0.15) is 5.10 Å². The number of oxazole rings is 1. The molecule has 0 fully saturated rings. The molecule has 0 spiro atoms. The van der Waals surface area contributed by atoms with Gasteiger partial charge in [0.1, 0.15) is 17.3 Å². The molecule has 1 aromatic carbocycles. The van der Waals surface area contributed by atoms with Crippen LogP contribution in [0.15, 0.2) is 40.9 Å². The molecular weight excluding hydrogens is 289 g/mol. The average Bonchev–Trinajstić information content (AvgIpc) is 3.14. The molecule has 0 aliphatic carbocycles. The fourth-order valence-corrected chi connectivity index (χ4v) is 3.25. The Hall–Kier alpha value is -2.47. The number of thiophene rings is 1. The Kier molecular flexibility index (Phi) is 2.65. The van der Waals surface area contributed by atoms with Gasteiger partial charge in [-0.1, -0.05) is 0 Å². The Bertz CT molecular complexity index is 920. The van der Waals surface area contributed by atoms with Crippen molar-refractivity contribution in [3.8, 4) is 22.0 Å². The normalized spacial score (nSPS) is 11.3. The number of aryl methyl sites for hydroxylation is 1. The molecule has 1 N–H and O–H groups in total. The first-order valence-corrected chi connectivity index (χ1v) is 7.19. The number of aromatic amines is 1. The highest BCUT2D eigenvalue weighted by Crippen LogP contribution is 2.37. The largest absolute Gasteiger partial charge is 0.441 e. The molecule has 0 saturated heterocycles. The van der Waals surface area contributed by atoms with E-state index < -0.39 is 0 Å². The van der Waals surface area contributed by atoms with Gasteiger partial charge in [0.15, 0.2) is 0 Å². The van der Waals surface area contributed by atoms with E-state index in [1.165, 1.54) is 12.1 Å². The molecular formula is C15H10FN3OS. The summed E-state index contributed by atoms with van der Waals surface area (Å²) in [6, 6.07) is 8.27. The average molecular weight is 299 g/mol. The van der Waals surface area contributed by atoms with Crippen molar-refractivity contribution in [1.29, 1.82) is 0 Å².